The van der Waals surface area contributed by atoms with E-state index in [9.17, 15) is 0 Å². The minimum absolute atomic E-state index is 0.541. The van der Waals surface area contributed by atoms with Crippen molar-refractivity contribution in [1.82, 2.24) is 0 Å². The molecule has 4 nitrogen and oxygen atoms in total. The molecule has 4 heteroatoms. The van der Waals surface area contributed by atoms with Gasteiger partial charge in [0.1, 0.15) is 11.2 Å². The van der Waals surface area contributed by atoms with Crippen LogP contribution < -0.4 is 14.7 Å². The summed E-state index contributed by atoms with van der Waals surface area (Å²) in [5.74, 6) is 0. The molecule has 0 radical (unpaired) electrons. The van der Waals surface area contributed by atoms with E-state index in [4.69, 9.17) is 4.42 Å². The first-order chi connectivity index (χ1) is 35.2. The Morgan fingerprint density at radius 2 is 0.845 bits per heavy atom. The molecule has 334 valence electrons. The summed E-state index contributed by atoms with van der Waals surface area (Å²) in [6, 6.07) is 98.9. The molecule has 0 bridgehead atoms. The van der Waals surface area contributed by atoms with E-state index in [0.717, 1.165) is 78.6 Å². The molecule has 1 aliphatic heterocycles. The Morgan fingerprint density at radius 1 is 0.324 bits per heavy atom. The molecule has 2 aliphatic rings. The van der Waals surface area contributed by atoms with E-state index in [1.54, 1.807) is 0 Å². The monoisotopic (exact) mass is 907 g/mol. The highest BCUT2D eigenvalue weighted by Crippen LogP contribution is 2.64. The molecule has 0 saturated heterocycles. The van der Waals surface area contributed by atoms with Gasteiger partial charge < -0.3 is 19.1 Å². The van der Waals surface area contributed by atoms with Crippen molar-refractivity contribution in [3.05, 3.63) is 295 Å². The summed E-state index contributed by atoms with van der Waals surface area (Å²) in [7, 11) is 0. The van der Waals surface area contributed by atoms with Crippen molar-refractivity contribution in [3.8, 4) is 22.3 Å². The Bertz CT molecular complexity index is 3870. The number of benzene rings is 11. The molecule has 0 unspecified atom stereocenters. The molecule has 11 aromatic carbocycles. The van der Waals surface area contributed by atoms with Crippen molar-refractivity contribution in [2.24, 2.45) is 0 Å². The second-order valence-electron chi connectivity index (χ2n) is 18.4. The highest BCUT2D eigenvalue weighted by molar-refractivity contribution is 6.15. The number of fused-ring (bicyclic) bond motifs is 12. The van der Waals surface area contributed by atoms with Gasteiger partial charge in [-0.25, -0.2) is 0 Å². The fourth-order valence-electron chi connectivity index (χ4n) is 11.7. The van der Waals surface area contributed by atoms with Crippen LogP contribution >= 0.6 is 0 Å². The van der Waals surface area contributed by atoms with Crippen LogP contribution in [0.25, 0.3) is 44.2 Å². The highest BCUT2D eigenvalue weighted by atomic mass is 16.3. The molecule has 0 amide bonds. The van der Waals surface area contributed by atoms with Crippen molar-refractivity contribution in [2.45, 2.75) is 5.41 Å². The maximum absolute atomic E-state index is 6.76. The summed E-state index contributed by atoms with van der Waals surface area (Å²) in [6.45, 7) is 0. The Labute approximate surface area is 413 Å². The molecule has 1 spiro atoms. The summed E-state index contributed by atoms with van der Waals surface area (Å²) in [4.78, 5) is 7.22. The predicted octanol–water partition coefficient (Wildman–Crippen LogP) is 18.3. The topological polar surface area (TPSA) is 22.9 Å². The lowest BCUT2D eigenvalue weighted by molar-refractivity contribution is 0.669. The van der Waals surface area contributed by atoms with Gasteiger partial charge in [0.25, 0.3) is 0 Å². The van der Waals surface area contributed by atoms with Crippen LogP contribution in [0.4, 0.5) is 51.2 Å². The Kier molecular flexibility index (Phi) is 9.39. The summed E-state index contributed by atoms with van der Waals surface area (Å²) in [6.07, 6.45) is 0. The van der Waals surface area contributed by atoms with Gasteiger partial charge in [-0.2, -0.15) is 0 Å². The summed E-state index contributed by atoms with van der Waals surface area (Å²) < 4.78 is 6.76. The quantitative estimate of drug-likeness (QED) is 0.152. The highest BCUT2D eigenvalue weighted by Gasteiger charge is 2.51. The smallest absolute Gasteiger partial charge is 0.138 e. The summed E-state index contributed by atoms with van der Waals surface area (Å²) in [5, 5.41) is 2.15. The first kappa shape index (κ1) is 40.7. The largest absolute Gasteiger partial charge is 0.456 e. The molecule has 2 heterocycles. The van der Waals surface area contributed by atoms with Crippen LogP contribution in [0.5, 0.6) is 0 Å². The maximum Gasteiger partial charge on any atom is 0.138 e. The zero-order chi connectivity index (χ0) is 46.9. The SMILES string of the molecule is c1ccc(N(c2cccc(-c3cc(N(c4ccccc4)c4ccccc4)c4c(c3)oc3ccccc34)c2)c2ccc3c(c2)N(c2ccccc2)c2ccccc2C32c3ccccc3-c3ccccc32)cc1. The van der Waals surface area contributed by atoms with Crippen LogP contribution in [0, 0.1) is 0 Å². The molecule has 0 atom stereocenters. The van der Waals surface area contributed by atoms with E-state index in [2.05, 4.69) is 282 Å². The average molecular weight is 908 g/mol. The normalized spacial score (nSPS) is 12.9. The lowest BCUT2D eigenvalue weighted by Crippen LogP contribution is -2.36. The zero-order valence-corrected chi connectivity index (χ0v) is 38.7. The van der Waals surface area contributed by atoms with Crippen molar-refractivity contribution < 1.29 is 4.42 Å². The minimum Gasteiger partial charge on any atom is -0.456 e. The van der Waals surface area contributed by atoms with E-state index in [-0.39, 0.29) is 0 Å². The fraction of sp³-hybridized carbons (Fsp3) is 0.0149. The molecule has 0 saturated carbocycles. The lowest BCUT2D eigenvalue weighted by atomic mass is 9.64. The van der Waals surface area contributed by atoms with E-state index in [1.807, 2.05) is 6.07 Å². The number of rotatable bonds is 8. The van der Waals surface area contributed by atoms with Crippen LogP contribution in [0.15, 0.2) is 277 Å². The second kappa shape index (κ2) is 16.4. The van der Waals surface area contributed by atoms with E-state index in [0.29, 0.717) is 0 Å². The predicted molar refractivity (Wildman–Crippen MR) is 294 cm³/mol. The first-order valence-electron chi connectivity index (χ1n) is 24.3. The van der Waals surface area contributed by atoms with Gasteiger partial charge in [0.15, 0.2) is 0 Å². The van der Waals surface area contributed by atoms with Crippen LogP contribution in [0.2, 0.25) is 0 Å². The van der Waals surface area contributed by atoms with Gasteiger partial charge >= 0.3 is 0 Å². The third-order valence-electron chi connectivity index (χ3n) is 14.6. The Morgan fingerprint density at radius 3 is 1.52 bits per heavy atom. The molecular formula is C67H45N3O. The summed E-state index contributed by atoms with van der Waals surface area (Å²) in [5.41, 5.74) is 20.7. The number of para-hydroxylation sites is 6. The van der Waals surface area contributed by atoms with Gasteiger partial charge in [-0.1, -0.05) is 176 Å². The maximum atomic E-state index is 6.76. The molecule has 1 aliphatic carbocycles. The molecule has 0 fully saturated rings. The first-order valence-corrected chi connectivity index (χ1v) is 24.3. The third-order valence-corrected chi connectivity index (χ3v) is 14.6. The van der Waals surface area contributed by atoms with Gasteiger partial charge in [-0.05, 0) is 142 Å². The van der Waals surface area contributed by atoms with Crippen LogP contribution in [0.1, 0.15) is 22.3 Å². The molecule has 0 N–H and O–H groups in total. The van der Waals surface area contributed by atoms with Crippen molar-refractivity contribution in [2.75, 3.05) is 14.7 Å². The number of nitrogens with zero attached hydrogens (tertiary/aromatic N) is 3. The van der Waals surface area contributed by atoms with Gasteiger partial charge in [0, 0.05) is 39.5 Å². The van der Waals surface area contributed by atoms with Gasteiger partial charge in [0.2, 0.25) is 0 Å². The van der Waals surface area contributed by atoms with Gasteiger partial charge in [-0.3, -0.25) is 0 Å². The van der Waals surface area contributed by atoms with Crippen LogP contribution in [-0.4, -0.2) is 0 Å². The van der Waals surface area contributed by atoms with Crippen molar-refractivity contribution >= 4 is 73.1 Å². The van der Waals surface area contributed by atoms with Crippen LogP contribution in [0.3, 0.4) is 0 Å². The van der Waals surface area contributed by atoms with Gasteiger partial charge in [-0.15, -0.1) is 0 Å². The molecule has 1 aromatic heterocycles. The fourth-order valence-corrected chi connectivity index (χ4v) is 11.7. The van der Waals surface area contributed by atoms with Crippen LogP contribution in [-0.2, 0) is 5.41 Å². The molecule has 71 heavy (non-hydrogen) atoms. The number of hydrogen-bond donors (Lipinski definition) is 0. The standard InChI is InChI=1S/C67H45N3O/c1-5-23-48(24-6-1)68(52-31-21-22-46(42-52)47-43-63(66-56-34-15-20-39-64(56)71-65(66)44-47)69(49-25-7-2-8-26-49)50-27-9-3-10-28-50)53-40-41-60-62(45-53)70(51-29-11-4-12-30-51)61-38-19-18-37-59(61)67(60)57-35-16-13-32-54(57)55-33-14-17-36-58(55)67/h1-45H. The number of anilines is 9. The average Bonchev–Trinajstić information content (AvgIpc) is 3.96. The minimum atomic E-state index is -0.541. The van der Waals surface area contributed by atoms with E-state index < -0.39 is 5.41 Å². The summed E-state index contributed by atoms with van der Waals surface area (Å²) >= 11 is 0. The third kappa shape index (κ3) is 6.32. The lowest BCUT2D eigenvalue weighted by Gasteiger charge is -2.45. The van der Waals surface area contributed by atoms with E-state index >= 15 is 0 Å². The Balaban J connectivity index is 0.987. The molecule has 12 aromatic rings. The molecular weight excluding hydrogens is 863 g/mol. The molecule has 14 rings (SSSR count). The zero-order valence-electron chi connectivity index (χ0n) is 38.7. The van der Waals surface area contributed by atoms with Crippen molar-refractivity contribution in [3.63, 3.8) is 0 Å². The Hall–Kier alpha value is -9.38. The van der Waals surface area contributed by atoms with E-state index in [1.165, 1.54) is 39.1 Å². The van der Waals surface area contributed by atoms with Gasteiger partial charge in [0.05, 0.1) is 27.9 Å². The van der Waals surface area contributed by atoms with Crippen molar-refractivity contribution in [1.29, 1.82) is 0 Å². The second-order valence-corrected chi connectivity index (χ2v) is 18.4. The number of hydrogen-bond acceptors (Lipinski definition) is 4. The number of furan rings is 1.